The summed E-state index contributed by atoms with van der Waals surface area (Å²) >= 11 is 0. The molecule has 1 aromatic rings. The minimum Gasteiger partial charge on any atom is -0.497 e. The third-order valence-corrected chi connectivity index (χ3v) is 3.41. The quantitative estimate of drug-likeness (QED) is 0.823. The molecule has 15 heavy (non-hydrogen) atoms. The molecule has 1 aromatic carbocycles. The van der Waals surface area contributed by atoms with Crippen molar-refractivity contribution in [2.24, 2.45) is 11.7 Å². The minimum absolute atomic E-state index is 0.207. The highest BCUT2D eigenvalue weighted by molar-refractivity contribution is 5.29. The summed E-state index contributed by atoms with van der Waals surface area (Å²) in [6.45, 7) is 0. The Kier molecular flexibility index (Phi) is 3.27. The first kappa shape index (κ1) is 10.5. The smallest absolute Gasteiger partial charge is 0.118 e. The molecule has 2 rings (SSSR count). The van der Waals surface area contributed by atoms with Crippen molar-refractivity contribution in [2.75, 3.05) is 7.11 Å². The van der Waals surface area contributed by atoms with E-state index < -0.39 is 0 Å². The van der Waals surface area contributed by atoms with Crippen molar-refractivity contribution in [3.05, 3.63) is 29.8 Å². The fourth-order valence-electron chi connectivity index (χ4n) is 2.41. The lowest BCUT2D eigenvalue weighted by atomic mass is 9.92. The van der Waals surface area contributed by atoms with E-state index >= 15 is 0 Å². The summed E-state index contributed by atoms with van der Waals surface area (Å²) in [7, 11) is 1.69. The van der Waals surface area contributed by atoms with Gasteiger partial charge in [0.05, 0.1) is 7.11 Å². The monoisotopic (exact) mass is 205 g/mol. The van der Waals surface area contributed by atoms with Crippen LogP contribution in [0.15, 0.2) is 24.3 Å². The summed E-state index contributed by atoms with van der Waals surface area (Å²) in [6.07, 6.45) is 5.25. The maximum Gasteiger partial charge on any atom is 0.118 e. The molecule has 0 aromatic heterocycles. The number of benzene rings is 1. The van der Waals surface area contributed by atoms with Crippen molar-refractivity contribution in [3.63, 3.8) is 0 Å². The van der Waals surface area contributed by atoms with Crippen molar-refractivity contribution in [1.29, 1.82) is 0 Å². The van der Waals surface area contributed by atoms with Crippen molar-refractivity contribution in [1.82, 2.24) is 0 Å². The molecule has 0 radical (unpaired) electrons. The zero-order chi connectivity index (χ0) is 10.7. The Balaban J connectivity index is 2.07. The number of methoxy groups -OCH3 is 1. The molecule has 0 aliphatic heterocycles. The Bertz CT molecular complexity index is 301. The molecular formula is C13H19NO. The molecule has 1 atom stereocenters. The lowest BCUT2D eigenvalue weighted by Gasteiger charge is -2.19. The lowest BCUT2D eigenvalue weighted by Crippen LogP contribution is -2.18. The molecule has 1 aliphatic carbocycles. The van der Waals surface area contributed by atoms with Crippen LogP contribution >= 0.6 is 0 Å². The maximum atomic E-state index is 6.25. The second-order valence-electron chi connectivity index (χ2n) is 4.34. The third-order valence-electron chi connectivity index (χ3n) is 3.41. The van der Waals surface area contributed by atoms with Crippen LogP contribution in [0, 0.1) is 5.92 Å². The summed E-state index contributed by atoms with van der Waals surface area (Å²) < 4.78 is 5.13. The SMILES string of the molecule is COc1ccc([C@H](N)C2CCCC2)cc1. The van der Waals surface area contributed by atoms with Crippen LogP contribution in [0.2, 0.25) is 0 Å². The van der Waals surface area contributed by atoms with E-state index in [1.165, 1.54) is 31.2 Å². The van der Waals surface area contributed by atoms with Gasteiger partial charge in [-0.25, -0.2) is 0 Å². The van der Waals surface area contributed by atoms with Crippen LogP contribution in [0.1, 0.15) is 37.3 Å². The average Bonchev–Trinajstić information content (AvgIpc) is 2.82. The van der Waals surface area contributed by atoms with Gasteiger partial charge in [0, 0.05) is 6.04 Å². The minimum atomic E-state index is 0.207. The number of hydrogen-bond donors (Lipinski definition) is 1. The molecule has 1 saturated carbocycles. The zero-order valence-corrected chi connectivity index (χ0v) is 9.28. The molecule has 0 amide bonds. The van der Waals surface area contributed by atoms with Crippen LogP contribution < -0.4 is 10.5 Å². The largest absolute Gasteiger partial charge is 0.497 e. The van der Waals surface area contributed by atoms with Crippen LogP contribution in [-0.2, 0) is 0 Å². The fourth-order valence-corrected chi connectivity index (χ4v) is 2.41. The van der Waals surface area contributed by atoms with E-state index in [0.29, 0.717) is 5.92 Å². The third kappa shape index (κ3) is 2.32. The summed E-state index contributed by atoms with van der Waals surface area (Å²) in [5.41, 5.74) is 7.49. The van der Waals surface area contributed by atoms with E-state index in [2.05, 4.69) is 12.1 Å². The summed E-state index contributed by atoms with van der Waals surface area (Å²) in [6, 6.07) is 8.36. The highest BCUT2D eigenvalue weighted by Gasteiger charge is 2.22. The molecule has 1 fully saturated rings. The predicted octanol–water partition coefficient (Wildman–Crippen LogP) is 2.89. The summed E-state index contributed by atoms with van der Waals surface area (Å²) in [5.74, 6) is 1.58. The molecule has 2 N–H and O–H groups in total. The van der Waals surface area contributed by atoms with Gasteiger partial charge in [-0.1, -0.05) is 25.0 Å². The number of hydrogen-bond acceptors (Lipinski definition) is 2. The van der Waals surface area contributed by atoms with E-state index in [0.717, 1.165) is 5.75 Å². The molecule has 1 aliphatic rings. The fraction of sp³-hybridized carbons (Fsp3) is 0.538. The molecule has 0 spiro atoms. The number of rotatable bonds is 3. The highest BCUT2D eigenvalue weighted by Crippen LogP contribution is 2.34. The van der Waals surface area contributed by atoms with Gasteiger partial charge in [-0.3, -0.25) is 0 Å². The van der Waals surface area contributed by atoms with Gasteiger partial charge in [0.25, 0.3) is 0 Å². The Morgan fingerprint density at radius 3 is 2.33 bits per heavy atom. The van der Waals surface area contributed by atoms with Gasteiger partial charge in [-0.05, 0) is 36.5 Å². The van der Waals surface area contributed by atoms with E-state index in [4.69, 9.17) is 10.5 Å². The first-order chi connectivity index (χ1) is 7.31. The molecular weight excluding hydrogens is 186 g/mol. The van der Waals surface area contributed by atoms with Crippen molar-refractivity contribution in [2.45, 2.75) is 31.7 Å². The Hall–Kier alpha value is -1.02. The van der Waals surface area contributed by atoms with Crippen LogP contribution in [0.3, 0.4) is 0 Å². The average molecular weight is 205 g/mol. The molecule has 0 unspecified atom stereocenters. The highest BCUT2D eigenvalue weighted by atomic mass is 16.5. The van der Waals surface area contributed by atoms with Gasteiger partial charge < -0.3 is 10.5 Å². The van der Waals surface area contributed by atoms with Crippen molar-refractivity contribution in [3.8, 4) is 5.75 Å². The molecule has 0 heterocycles. The zero-order valence-electron chi connectivity index (χ0n) is 9.28. The first-order valence-corrected chi connectivity index (χ1v) is 5.71. The summed E-state index contributed by atoms with van der Waals surface area (Å²) in [4.78, 5) is 0. The molecule has 0 bridgehead atoms. The number of ether oxygens (including phenoxy) is 1. The van der Waals surface area contributed by atoms with Crippen LogP contribution in [-0.4, -0.2) is 7.11 Å². The van der Waals surface area contributed by atoms with Gasteiger partial charge in [-0.2, -0.15) is 0 Å². The van der Waals surface area contributed by atoms with Gasteiger partial charge in [0.2, 0.25) is 0 Å². The predicted molar refractivity (Wildman–Crippen MR) is 61.9 cm³/mol. The van der Waals surface area contributed by atoms with E-state index in [1.54, 1.807) is 7.11 Å². The Labute approximate surface area is 91.4 Å². The van der Waals surface area contributed by atoms with Crippen molar-refractivity contribution >= 4 is 0 Å². The van der Waals surface area contributed by atoms with Gasteiger partial charge >= 0.3 is 0 Å². The Morgan fingerprint density at radius 1 is 1.20 bits per heavy atom. The standard InChI is InChI=1S/C13H19NO/c1-15-12-8-6-11(7-9-12)13(14)10-4-2-3-5-10/h6-10,13H,2-5,14H2,1H3/t13-/m1/s1. The van der Waals surface area contributed by atoms with E-state index in [1.807, 2.05) is 12.1 Å². The number of nitrogens with two attached hydrogens (primary N) is 1. The summed E-state index contributed by atoms with van der Waals surface area (Å²) in [5, 5.41) is 0. The van der Waals surface area contributed by atoms with Crippen LogP contribution in [0.5, 0.6) is 5.75 Å². The van der Waals surface area contributed by atoms with E-state index in [-0.39, 0.29) is 6.04 Å². The second kappa shape index (κ2) is 4.67. The maximum absolute atomic E-state index is 6.25. The topological polar surface area (TPSA) is 35.2 Å². The van der Waals surface area contributed by atoms with Crippen molar-refractivity contribution < 1.29 is 4.74 Å². The second-order valence-corrected chi connectivity index (χ2v) is 4.34. The van der Waals surface area contributed by atoms with Gasteiger partial charge in [0.15, 0.2) is 0 Å². The van der Waals surface area contributed by atoms with Crippen LogP contribution in [0.25, 0.3) is 0 Å². The Morgan fingerprint density at radius 2 is 1.80 bits per heavy atom. The molecule has 2 heteroatoms. The molecule has 0 saturated heterocycles. The van der Waals surface area contributed by atoms with Crippen LogP contribution in [0.4, 0.5) is 0 Å². The van der Waals surface area contributed by atoms with E-state index in [9.17, 15) is 0 Å². The van der Waals surface area contributed by atoms with Gasteiger partial charge in [0.1, 0.15) is 5.75 Å². The first-order valence-electron chi connectivity index (χ1n) is 5.71. The lowest BCUT2D eigenvalue weighted by molar-refractivity contribution is 0.413. The molecule has 2 nitrogen and oxygen atoms in total. The van der Waals surface area contributed by atoms with Gasteiger partial charge in [-0.15, -0.1) is 0 Å². The normalized spacial score (nSPS) is 19.1. The molecule has 82 valence electrons.